The van der Waals surface area contributed by atoms with E-state index in [2.05, 4.69) is 12.8 Å². The van der Waals surface area contributed by atoms with Gasteiger partial charge in [-0.1, -0.05) is 6.92 Å². The number of fused-ring (bicyclic) bond motifs is 1. The van der Waals surface area contributed by atoms with Gasteiger partial charge >= 0.3 is 0 Å². The molecule has 0 unspecified atom stereocenters. The normalized spacial score (nSPS) is 39.7. The van der Waals surface area contributed by atoms with E-state index in [0.29, 0.717) is 5.92 Å². The van der Waals surface area contributed by atoms with Crippen LogP contribution in [0.5, 0.6) is 0 Å². The molecule has 3 heteroatoms. The molecule has 15 heavy (non-hydrogen) atoms. The Morgan fingerprint density at radius 3 is 2.80 bits per heavy atom. The zero-order valence-electron chi connectivity index (χ0n) is 9.53. The highest BCUT2D eigenvalue weighted by atomic mass is 16.8. The summed E-state index contributed by atoms with van der Waals surface area (Å²) < 4.78 is 17.2. The van der Waals surface area contributed by atoms with Crippen molar-refractivity contribution in [1.29, 1.82) is 0 Å². The fourth-order valence-corrected chi connectivity index (χ4v) is 2.22. The van der Waals surface area contributed by atoms with Crippen LogP contribution in [0.4, 0.5) is 0 Å². The van der Waals surface area contributed by atoms with Gasteiger partial charge < -0.3 is 14.2 Å². The predicted octanol–water partition coefficient (Wildman–Crippen LogP) is 1.91. The molecule has 2 fully saturated rings. The van der Waals surface area contributed by atoms with E-state index in [4.69, 9.17) is 20.6 Å². The molecule has 2 rings (SSSR count). The topological polar surface area (TPSA) is 27.7 Å². The number of terminal acetylenes is 1. The molecule has 2 heterocycles. The molecule has 4 atom stereocenters. The zero-order chi connectivity index (χ0) is 11.1. The lowest BCUT2D eigenvalue weighted by Gasteiger charge is -2.22. The molecule has 0 saturated carbocycles. The van der Waals surface area contributed by atoms with Crippen LogP contribution in [-0.4, -0.2) is 24.3 Å². The Hall–Kier alpha value is -0.560. The fourth-order valence-electron chi connectivity index (χ4n) is 2.22. The van der Waals surface area contributed by atoms with Gasteiger partial charge in [0, 0.05) is 12.8 Å². The van der Waals surface area contributed by atoms with Gasteiger partial charge in [0.05, 0.1) is 6.10 Å². The van der Waals surface area contributed by atoms with Gasteiger partial charge in [0.1, 0.15) is 6.10 Å². The first-order chi connectivity index (χ1) is 7.02. The Kier molecular flexibility index (Phi) is 2.76. The zero-order valence-corrected chi connectivity index (χ0v) is 9.53. The number of ether oxygens (including phenoxy) is 3. The molecular formula is C12H18O3. The lowest BCUT2D eigenvalue weighted by atomic mass is 9.98. The molecule has 0 aromatic rings. The molecule has 2 aliphatic heterocycles. The van der Waals surface area contributed by atoms with Crippen molar-refractivity contribution in [3.05, 3.63) is 0 Å². The maximum atomic E-state index is 5.79. The van der Waals surface area contributed by atoms with Gasteiger partial charge in [-0.25, -0.2) is 0 Å². The molecular weight excluding hydrogens is 192 g/mol. The average molecular weight is 210 g/mol. The van der Waals surface area contributed by atoms with E-state index in [1.807, 2.05) is 13.8 Å². The maximum Gasteiger partial charge on any atom is 0.187 e. The van der Waals surface area contributed by atoms with Gasteiger partial charge in [0.15, 0.2) is 12.1 Å². The minimum atomic E-state index is -0.504. The third-order valence-corrected chi connectivity index (χ3v) is 2.99. The van der Waals surface area contributed by atoms with Crippen LogP contribution in [0.2, 0.25) is 0 Å². The molecule has 84 valence electrons. The summed E-state index contributed by atoms with van der Waals surface area (Å²) in [6, 6.07) is 0. The van der Waals surface area contributed by atoms with Crippen molar-refractivity contribution in [2.24, 2.45) is 5.92 Å². The molecule has 0 aromatic carbocycles. The number of hydrogen-bond acceptors (Lipinski definition) is 3. The number of hydrogen-bond donors (Lipinski definition) is 0. The van der Waals surface area contributed by atoms with Crippen molar-refractivity contribution < 1.29 is 14.2 Å². The highest BCUT2D eigenvalue weighted by molar-refractivity contribution is 4.92. The Morgan fingerprint density at radius 1 is 1.47 bits per heavy atom. The summed E-state index contributed by atoms with van der Waals surface area (Å²) in [5.41, 5.74) is 0. The Labute approximate surface area is 91.1 Å². The largest absolute Gasteiger partial charge is 0.346 e. The second kappa shape index (κ2) is 3.79. The Bertz CT molecular complexity index is 263. The molecule has 0 bridgehead atoms. The molecule has 0 aliphatic carbocycles. The van der Waals surface area contributed by atoms with Crippen molar-refractivity contribution in [2.45, 2.75) is 57.9 Å². The molecule has 3 nitrogen and oxygen atoms in total. The van der Waals surface area contributed by atoms with Crippen molar-refractivity contribution in [3.63, 3.8) is 0 Å². The van der Waals surface area contributed by atoms with E-state index >= 15 is 0 Å². The second-order valence-corrected chi connectivity index (χ2v) is 4.84. The van der Waals surface area contributed by atoms with E-state index in [0.717, 1.165) is 12.8 Å². The average Bonchev–Trinajstić information content (AvgIpc) is 2.57. The van der Waals surface area contributed by atoms with Crippen molar-refractivity contribution in [1.82, 2.24) is 0 Å². The van der Waals surface area contributed by atoms with E-state index in [-0.39, 0.29) is 18.5 Å². The second-order valence-electron chi connectivity index (χ2n) is 4.84. The van der Waals surface area contributed by atoms with Crippen LogP contribution >= 0.6 is 0 Å². The standard InChI is InChI=1S/C12H18O3/c1-5-6-8(2)9-7-10-11(13-9)15-12(3,4)14-10/h1,8-11H,6-7H2,2-4H3/t8-,9-,10+,11+/m0/s1. The van der Waals surface area contributed by atoms with Crippen LogP contribution in [0.3, 0.4) is 0 Å². The third-order valence-electron chi connectivity index (χ3n) is 2.99. The molecule has 0 aromatic heterocycles. The Morgan fingerprint density at radius 2 is 2.20 bits per heavy atom. The molecule has 0 amide bonds. The Balaban J connectivity index is 1.91. The summed E-state index contributed by atoms with van der Waals surface area (Å²) >= 11 is 0. The molecule has 0 N–H and O–H groups in total. The monoisotopic (exact) mass is 210 g/mol. The summed E-state index contributed by atoms with van der Waals surface area (Å²) in [5.74, 6) is 2.53. The van der Waals surface area contributed by atoms with Crippen molar-refractivity contribution in [2.75, 3.05) is 0 Å². The maximum absolute atomic E-state index is 5.79. The highest BCUT2D eigenvalue weighted by Gasteiger charge is 2.49. The van der Waals surface area contributed by atoms with E-state index in [9.17, 15) is 0 Å². The number of rotatable bonds is 2. The van der Waals surface area contributed by atoms with Gasteiger partial charge in [-0.05, 0) is 19.8 Å². The molecule has 2 aliphatic rings. The van der Waals surface area contributed by atoms with Gasteiger partial charge in [-0.15, -0.1) is 12.3 Å². The van der Waals surface area contributed by atoms with Gasteiger partial charge in [-0.2, -0.15) is 0 Å². The van der Waals surface area contributed by atoms with Crippen LogP contribution in [0, 0.1) is 18.3 Å². The van der Waals surface area contributed by atoms with E-state index < -0.39 is 5.79 Å². The van der Waals surface area contributed by atoms with Crippen LogP contribution in [0.15, 0.2) is 0 Å². The summed E-state index contributed by atoms with van der Waals surface area (Å²) in [6.45, 7) is 5.93. The lowest BCUT2D eigenvalue weighted by molar-refractivity contribution is -0.208. The summed E-state index contributed by atoms with van der Waals surface area (Å²) in [6.07, 6.45) is 6.96. The minimum Gasteiger partial charge on any atom is -0.346 e. The fraction of sp³-hybridized carbons (Fsp3) is 0.833. The first kappa shape index (κ1) is 10.9. The van der Waals surface area contributed by atoms with E-state index in [1.54, 1.807) is 0 Å². The smallest absolute Gasteiger partial charge is 0.187 e. The molecule has 0 radical (unpaired) electrons. The van der Waals surface area contributed by atoms with Crippen LogP contribution in [0.25, 0.3) is 0 Å². The first-order valence-electron chi connectivity index (χ1n) is 5.46. The molecule has 2 saturated heterocycles. The summed E-state index contributed by atoms with van der Waals surface area (Å²) in [4.78, 5) is 0. The highest BCUT2D eigenvalue weighted by Crippen LogP contribution is 2.39. The van der Waals surface area contributed by atoms with Crippen molar-refractivity contribution >= 4 is 0 Å². The van der Waals surface area contributed by atoms with Gasteiger partial charge in [0.25, 0.3) is 0 Å². The predicted molar refractivity (Wildman–Crippen MR) is 55.9 cm³/mol. The van der Waals surface area contributed by atoms with Crippen LogP contribution in [0.1, 0.15) is 33.6 Å². The molecule has 0 spiro atoms. The third kappa shape index (κ3) is 2.17. The quantitative estimate of drug-likeness (QED) is 0.652. The van der Waals surface area contributed by atoms with Crippen molar-refractivity contribution in [3.8, 4) is 12.3 Å². The minimum absolute atomic E-state index is 0.0743. The lowest BCUT2D eigenvalue weighted by Crippen LogP contribution is -2.26. The summed E-state index contributed by atoms with van der Waals surface area (Å²) in [7, 11) is 0. The first-order valence-corrected chi connectivity index (χ1v) is 5.46. The van der Waals surface area contributed by atoms with Gasteiger partial charge in [0.2, 0.25) is 0 Å². The van der Waals surface area contributed by atoms with Gasteiger partial charge in [-0.3, -0.25) is 0 Å². The summed E-state index contributed by atoms with van der Waals surface area (Å²) in [5, 5.41) is 0. The SMILES string of the molecule is C#CC[C@H](C)[C@@H]1C[C@H]2OC(C)(C)O[C@H]2O1. The van der Waals surface area contributed by atoms with Crippen LogP contribution in [-0.2, 0) is 14.2 Å². The van der Waals surface area contributed by atoms with Crippen LogP contribution < -0.4 is 0 Å². The van der Waals surface area contributed by atoms with E-state index in [1.165, 1.54) is 0 Å².